The van der Waals surface area contributed by atoms with Gasteiger partial charge in [0.05, 0.1) is 6.10 Å². The molecule has 5 heterocycles. The number of primary amides is 1. The summed E-state index contributed by atoms with van der Waals surface area (Å²) in [4.78, 5) is 211. The van der Waals surface area contributed by atoms with Crippen LogP contribution >= 0.6 is 0 Å². The number of phenolic OH excluding ortho intramolecular Hbond substituents is 2. The standard InChI is InChI=1S/C79H114N16O17/c1-10-22-55-69(105)93-79(9)37-17-14-12-11-13-16-36-78(8,75(111)84-45(2)66(102)87-57(68(104)86-55)41-48-28-32-51(98)33-29-48)94-70(106)58(43-50-44-83-65-53(50)23-20-39-82-65)88-72(108)62(46(3)96)91-71(107)60-26-21-40-95(60)74(110)59(42-49-30-34-52(99)35-31-49)89-73(109)63(77(5,6)7)92-67(103)56(85-47(4)97)25-19-27-61(100)81-38-18-15-24-54(64(80)101)90-76(79)112/h20,23,28-35,39,44-46,54-60,62-63,96,98-99H,10-19,21-22,24-27,36-38,40-43H2,1-9H3,(H2,80,101)(H,81,100)(H,82,83)(H,84,111)(H,85,97)(H,86,104)(H,87,102)(H,88,108)(H,89,109)(H,90,112)(H,91,107)(H,92,103)(H,93,105)(H,94,106)/t45-,46+,54-,55-,56-,57-,58-,59-,60-,62-,63+,78-,79-/m0/s1. The van der Waals surface area contributed by atoms with Crippen LogP contribution < -0.4 is 69.5 Å². The molecule has 33 nitrogen and oxygen atoms in total. The second-order valence-electron chi connectivity index (χ2n) is 31.3. The van der Waals surface area contributed by atoms with Crippen LogP contribution in [-0.2, 0) is 86.4 Å². The summed E-state index contributed by atoms with van der Waals surface area (Å²) < 4.78 is 0. The minimum atomic E-state index is -1.88. The van der Waals surface area contributed by atoms with Crippen LogP contribution in [0.25, 0.3) is 11.0 Å². The van der Waals surface area contributed by atoms with Crippen molar-refractivity contribution in [1.29, 1.82) is 0 Å². The number of aromatic hydroxyl groups is 2. The number of H-pyrrole nitrogens is 1. The van der Waals surface area contributed by atoms with Crippen LogP contribution in [0, 0.1) is 5.41 Å². The summed E-state index contributed by atoms with van der Waals surface area (Å²) in [5.41, 5.74) is 3.08. The van der Waals surface area contributed by atoms with E-state index in [9.17, 15) is 68.1 Å². The van der Waals surface area contributed by atoms with Crippen molar-refractivity contribution in [1.82, 2.24) is 78.7 Å². The molecule has 2 aromatic carbocycles. The fraction of sp³-hybridized carbons (Fsp3) is 0.582. The van der Waals surface area contributed by atoms with Gasteiger partial charge in [0, 0.05) is 63.5 Å². The highest BCUT2D eigenvalue weighted by Crippen LogP contribution is 2.27. The van der Waals surface area contributed by atoms with Crippen molar-refractivity contribution in [3.05, 3.63) is 89.7 Å². The number of nitrogens with zero attached hydrogens (tertiary/aromatic N) is 2. The van der Waals surface area contributed by atoms with Crippen LogP contribution in [0.15, 0.2) is 73.1 Å². The molecule has 3 saturated heterocycles. The van der Waals surface area contributed by atoms with E-state index in [1.165, 1.54) is 88.0 Å². The van der Waals surface area contributed by atoms with Gasteiger partial charge in [-0.15, -0.1) is 0 Å². The largest absolute Gasteiger partial charge is 0.508 e. The van der Waals surface area contributed by atoms with E-state index in [0.29, 0.717) is 79.1 Å². The number of nitrogens with one attached hydrogen (secondary N) is 13. The van der Waals surface area contributed by atoms with Crippen LogP contribution in [-0.4, -0.2) is 204 Å². The Balaban J connectivity index is 1.28. The van der Waals surface area contributed by atoms with E-state index >= 15 is 14.4 Å². The van der Waals surface area contributed by atoms with Crippen molar-refractivity contribution in [2.24, 2.45) is 11.1 Å². The molecule has 3 aliphatic heterocycles. The van der Waals surface area contributed by atoms with E-state index in [0.717, 1.165) is 0 Å². The fourth-order valence-electron chi connectivity index (χ4n) is 14.1. The molecule has 0 aliphatic carbocycles. The van der Waals surface area contributed by atoms with E-state index < -0.39 is 166 Å². The summed E-state index contributed by atoms with van der Waals surface area (Å²) in [5, 5.41) is 65.4. The number of aromatic nitrogens is 2. The summed E-state index contributed by atoms with van der Waals surface area (Å²) in [6, 6.07) is 0.781. The SMILES string of the molecule is CCC[C@@H]1NC(=O)[C@H](Cc2ccc(O)cc2)NC(=O)[C@H](C)NC(=O)[C@]2(C)CCCCCCCC[C@](C)(NC1=O)C(=O)N[C@H](C(N)=O)CCCCNC(=O)CCC[C@H](NC(C)=O)C(=O)N[C@@H](C(C)(C)C)C(=O)N[C@@H](Cc1ccc(O)cc1)C(=O)N1CCC[C@H]1C(=O)N[C@@H]([C@@H](C)O)C(=O)N[C@@H](Cc1c[nH]c3ncccc13)C(=O)N2. The van der Waals surface area contributed by atoms with Crippen molar-refractivity contribution in [3.8, 4) is 11.5 Å². The Bertz CT molecular complexity index is 4000. The lowest BCUT2D eigenvalue weighted by Crippen LogP contribution is -2.65. The zero-order chi connectivity index (χ0) is 82.2. The number of nitrogens with two attached hydrogens (primary N) is 1. The quantitative estimate of drug-likeness (QED) is 0.101. The number of carbonyl (C=O) groups excluding carboxylic acids is 14. The maximum absolute atomic E-state index is 15.4. The smallest absolute Gasteiger partial charge is 0.246 e. The number of amides is 14. The molecule has 2 aromatic heterocycles. The summed E-state index contributed by atoms with van der Waals surface area (Å²) in [7, 11) is 0. The third kappa shape index (κ3) is 25.7. The molecule has 4 aromatic rings. The van der Waals surface area contributed by atoms with Crippen LogP contribution in [0.2, 0.25) is 0 Å². The molecule has 0 radical (unpaired) electrons. The van der Waals surface area contributed by atoms with Crippen LogP contribution in [0.1, 0.15) is 195 Å². The van der Waals surface area contributed by atoms with Gasteiger partial charge < -0.3 is 94.7 Å². The first-order chi connectivity index (χ1) is 53.0. The molecule has 2 bridgehead atoms. The number of hydrogen-bond donors (Lipinski definition) is 17. The van der Waals surface area contributed by atoms with E-state index in [2.05, 4.69) is 73.8 Å². The van der Waals surface area contributed by atoms with E-state index in [1.54, 1.807) is 52.2 Å². The molecular formula is C79H114N16O17. The second kappa shape index (κ2) is 41.0. The molecule has 13 atom stereocenters. The van der Waals surface area contributed by atoms with Crippen molar-refractivity contribution in [2.75, 3.05) is 13.1 Å². The highest BCUT2D eigenvalue weighted by atomic mass is 16.3. The second-order valence-corrected chi connectivity index (χ2v) is 31.3. The molecule has 18 N–H and O–H groups in total. The Morgan fingerprint density at radius 1 is 0.616 bits per heavy atom. The molecule has 612 valence electrons. The lowest BCUT2D eigenvalue weighted by molar-refractivity contribution is -0.143. The molecule has 14 amide bonds. The molecule has 3 aliphatic rings. The van der Waals surface area contributed by atoms with Crippen LogP contribution in [0.3, 0.4) is 0 Å². The number of fused-ring (bicyclic) bond motifs is 11. The Hall–Kier alpha value is -10.7. The first-order valence-electron chi connectivity index (χ1n) is 38.9. The number of aromatic amines is 1. The van der Waals surface area contributed by atoms with E-state index in [4.69, 9.17) is 5.73 Å². The van der Waals surface area contributed by atoms with Gasteiger partial charge in [0.15, 0.2) is 0 Å². The number of hydrogen-bond acceptors (Lipinski definition) is 18. The van der Waals surface area contributed by atoms with Gasteiger partial charge in [-0.25, -0.2) is 4.98 Å². The molecular weight excluding hydrogens is 1440 g/mol. The Kier molecular flexibility index (Phi) is 32.4. The predicted octanol–water partition coefficient (Wildman–Crippen LogP) is 1.46. The van der Waals surface area contributed by atoms with Gasteiger partial charge in [-0.05, 0) is 150 Å². The number of pyridine rings is 1. The predicted molar refractivity (Wildman–Crippen MR) is 413 cm³/mol. The number of carbonyl (C=O) groups is 14. The van der Waals surface area contributed by atoms with Crippen molar-refractivity contribution in [2.45, 2.75) is 275 Å². The van der Waals surface area contributed by atoms with E-state index in [-0.39, 0.29) is 108 Å². The highest BCUT2D eigenvalue weighted by molar-refractivity contribution is 6.01. The topological polar surface area (TPSA) is 502 Å². The fourth-order valence-corrected chi connectivity index (χ4v) is 14.1. The molecule has 0 spiro atoms. The van der Waals surface area contributed by atoms with Crippen molar-refractivity contribution >= 4 is 93.7 Å². The zero-order valence-corrected chi connectivity index (χ0v) is 65.6. The van der Waals surface area contributed by atoms with Gasteiger partial charge >= 0.3 is 0 Å². The number of aliphatic hydroxyl groups excluding tert-OH is 1. The Morgan fingerprint density at radius 2 is 1.18 bits per heavy atom. The lowest BCUT2D eigenvalue weighted by atomic mass is 9.85. The third-order valence-electron chi connectivity index (χ3n) is 20.7. The zero-order valence-electron chi connectivity index (χ0n) is 65.6. The van der Waals surface area contributed by atoms with Crippen molar-refractivity contribution < 1.29 is 82.4 Å². The van der Waals surface area contributed by atoms with Gasteiger partial charge in [-0.1, -0.05) is 96.9 Å². The van der Waals surface area contributed by atoms with Crippen molar-refractivity contribution in [3.63, 3.8) is 0 Å². The maximum Gasteiger partial charge on any atom is 0.246 e. The number of rotatable bonds is 11. The highest BCUT2D eigenvalue weighted by Gasteiger charge is 2.45. The minimum Gasteiger partial charge on any atom is -0.508 e. The normalized spacial score (nSPS) is 27.2. The monoisotopic (exact) mass is 1560 g/mol. The molecule has 0 saturated carbocycles. The summed E-state index contributed by atoms with van der Waals surface area (Å²) in [6.07, 6.45) is 4.74. The number of phenols is 2. The maximum atomic E-state index is 15.4. The summed E-state index contributed by atoms with van der Waals surface area (Å²) >= 11 is 0. The van der Waals surface area contributed by atoms with Gasteiger partial charge in [-0.3, -0.25) is 67.1 Å². The average molecular weight is 1560 g/mol. The molecule has 33 heteroatoms. The molecule has 0 unspecified atom stereocenters. The third-order valence-corrected chi connectivity index (χ3v) is 20.7. The van der Waals surface area contributed by atoms with E-state index in [1.807, 2.05) is 0 Å². The summed E-state index contributed by atoms with van der Waals surface area (Å²) in [6.45, 7) is 13.6. The average Bonchev–Trinajstić information content (AvgIpc) is 1.45. The first-order valence-corrected chi connectivity index (χ1v) is 38.9. The number of aliphatic hydroxyl groups is 1. The van der Waals surface area contributed by atoms with Gasteiger partial charge in [-0.2, -0.15) is 0 Å². The van der Waals surface area contributed by atoms with Gasteiger partial charge in [0.2, 0.25) is 82.7 Å². The molecule has 112 heavy (non-hydrogen) atoms. The Morgan fingerprint density at radius 3 is 1.77 bits per heavy atom. The molecule has 7 rings (SSSR count). The minimum absolute atomic E-state index is 0.0185. The first kappa shape index (κ1) is 88.5. The summed E-state index contributed by atoms with van der Waals surface area (Å²) in [5.74, 6) is -11.4. The van der Waals surface area contributed by atoms with Crippen LogP contribution in [0.5, 0.6) is 11.5 Å². The van der Waals surface area contributed by atoms with Gasteiger partial charge in [0.25, 0.3) is 0 Å². The number of benzene rings is 2. The van der Waals surface area contributed by atoms with Crippen LogP contribution in [0.4, 0.5) is 0 Å². The lowest BCUT2D eigenvalue weighted by Gasteiger charge is -2.34. The molecule has 3 fully saturated rings. The Labute approximate surface area is 652 Å². The van der Waals surface area contributed by atoms with Gasteiger partial charge in [0.1, 0.15) is 88.6 Å².